The van der Waals surface area contributed by atoms with Gasteiger partial charge in [-0.25, -0.2) is 18.5 Å². The lowest BCUT2D eigenvalue weighted by atomic mass is 9.88. The van der Waals surface area contributed by atoms with Crippen LogP contribution in [0, 0.1) is 23.5 Å². The summed E-state index contributed by atoms with van der Waals surface area (Å²) in [6.45, 7) is 1.92. The molecular formula is C23H19F2N3O3. The molecule has 6 nitrogen and oxygen atoms in total. The number of hydrogen-bond acceptors (Lipinski definition) is 3. The van der Waals surface area contributed by atoms with E-state index in [0.717, 1.165) is 12.1 Å². The van der Waals surface area contributed by atoms with Crippen LogP contribution >= 0.6 is 0 Å². The third-order valence-electron chi connectivity index (χ3n) is 5.59. The number of carbonyl (C=O) groups is 3. The lowest BCUT2D eigenvalue weighted by Crippen LogP contribution is -2.72. The van der Waals surface area contributed by atoms with Crippen molar-refractivity contribution in [1.82, 2.24) is 9.80 Å². The number of likely N-dealkylation sites (N-methyl/N-ethyl adjacent to an activating group) is 1. The number of imide groups is 1. The zero-order valence-electron chi connectivity index (χ0n) is 17.0. The maximum absolute atomic E-state index is 14.9. The van der Waals surface area contributed by atoms with Gasteiger partial charge in [0.05, 0.1) is 6.42 Å². The molecule has 0 aromatic heterocycles. The van der Waals surface area contributed by atoms with Crippen molar-refractivity contribution in [3.05, 3.63) is 65.2 Å². The highest BCUT2D eigenvalue weighted by atomic mass is 19.1. The number of amides is 4. The van der Waals surface area contributed by atoms with Crippen molar-refractivity contribution in [1.29, 1.82) is 0 Å². The van der Waals surface area contributed by atoms with E-state index in [9.17, 15) is 23.2 Å². The number of benzene rings is 2. The molecule has 2 aromatic rings. The van der Waals surface area contributed by atoms with Crippen molar-refractivity contribution in [2.75, 3.05) is 25.0 Å². The van der Waals surface area contributed by atoms with Crippen LogP contribution < -0.4 is 4.90 Å². The zero-order chi connectivity index (χ0) is 22.3. The van der Waals surface area contributed by atoms with E-state index in [-0.39, 0.29) is 31.0 Å². The zero-order valence-corrected chi connectivity index (χ0v) is 17.0. The first-order chi connectivity index (χ1) is 14.7. The van der Waals surface area contributed by atoms with Crippen molar-refractivity contribution in [2.45, 2.75) is 18.9 Å². The van der Waals surface area contributed by atoms with Crippen molar-refractivity contribution in [3.63, 3.8) is 0 Å². The molecule has 0 spiro atoms. The van der Waals surface area contributed by atoms with Crippen molar-refractivity contribution < 1.29 is 23.2 Å². The Morgan fingerprint density at radius 1 is 0.935 bits per heavy atom. The highest BCUT2D eigenvalue weighted by Gasteiger charge is 2.55. The quantitative estimate of drug-likeness (QED) is 0.663. The molecule has 0 aliphatic carbocycles. The molecule has 4 rings (SSSR count). The molecule has 8 heteroatoms. The molecule has 2 saturated heterocycles. The molecule has 2 heterocycles. The summed E-state index contributed by atoms with van der Waals surface area (Å²) in [6.07, 6.45) is -0.365. The molecule has 0 saturated carbocycles. The number of rotatable bonds is 1. The highest BCUT2D eigenvalue weighted by molar-refractivity contribution is 6.19. The third kappa shape index (κ3) is 3.42. The summed E-state index contributed by atoms with van der Waals surface area (Å²) in [5.41, 5.74) is -1.38. The summed E-state index contributed by atoms with van der Waals surface area (Å²) in [7, 11) is 1.58. The first-order valence-corrected chi connectivity index (χ1v) is 9.68. The van der Waals surface area contributed by atoms with Gasteiger partial charge in [-0.3, -0.25) is 9.59 Å². The molecule has 2 aliphatic heterocycles. The van der Waals surface area contributed by atoms with Crippen molar-refractivity contribution in [2.24, 2.45) is 0 Å². The van der Waals surface area contributed by atoms with Gasteiger partial charge in [0, 0.05) is 31.3 Å². The van der Waals surface area contributed by atoms with Gasteiger partial charge < -0.3 is 9.80 Å². The van der Waals surface area contributed by atoms with Crippen LogP contribution in [0.1, 0.15) is 24.5 Å². The smallest absolute Gasteiger partial charge is 0.332 e. The second kappa shape index (κ2) is 7.51. The molecule has 2 fully saturated rings. The molecule has 2 aromatic carbocycles. The number of anilines is 1. The van der Waals surface area contributed by atoms with Gasteiger partial charge in [-0.1, -0.05) is 30.0 Å². The van der Waals surface area contributed by atoms with E-state index in [1.807, 2.05) is 6.07 Å². The first kappa shape index (κ1) is 20.5. The Labute approximate surface area is 178 Å². The predicted octanol–water partition coefficient (Wildman–Crippen LogP) is 2.75. The van der Waals surface area contributed by atoms with Crippen LogP contribution in [0.2, 0.25) is 0 Å². The SMILES string of the molecule is CN1CCN2C(=O)N(c3c(F)cc(C#Cc4ccccc4)cc3F)C(=O)CC2(C)C1=O. The average Bonchev–Trinajstić information content (AvgIpc) is 2.73. The summed E-state index contributed by atoms with van der Waals surface area (Å²) in [4.78, 5) is 41.5. The highest BCUT2D eigenvalue weighted by Crippen LogP contribution is 2.36. The maximum atomic E-state index is 14.9. The standard InChI is InChI=1S/C23H19F2N3O3/c1-23-14-19(29)28(22(31)27(23)11-10-26(2)21(23)30)20-17(24)12-16(13-18(20)25)9-8-15-6-4-3-5-7-15/h3-7,12-13H,10-11,14H2,1-2H3. The van der Waals surface area contributed by atoms with Gasteiger partial charge in [-0.2, -0.15) is 0 Å². The fourth-order valence-electron chi connectivity index (χ4n) is 3.94. The van der Waals surface area contributed by atoms with Crippen LogP contribution in [-0.2, 0) is 9.59 Å². The summed E-state index contributed by atoms with van der Waals surface area (Å²) in [5.74, 6) is 2.10. The minimum absolute atomic E-state index is 0.0686. The normalized spacial score (nSPS) is 21.0. The molecule has 2 aliphatic rings. The van der Waals surface area contributed by atoms with Gasteiger partial charge in [0.1, 0.15) is 11.2 Å². The Bertz CT molecular complexity index is 1130. The molecule has 0 bridgehead atoms. The summed E-state index contributed by atoms with van der Waals surface area (Å²) >= 11 is 0. The van der Waals surface area contributed by atoms with Crippen LogP contribution in [-0.4, -0.2) is 53.3 Å². The topological polar surface area (TPSA) is 60.9 Å². The molecule has 158 valence electrons. The van der Waals surface area contributed by atoms with Gasteiger partial charge >= 0.3 is 6.03 Å². The Morgan fingerprint density at radius 2 is 1.55 bits per heavy atom. The van der Waals surface area contributed by atoms with Crippen LogP contribution in [0.5, 0.6) is 0 Å². The van der Waals surface area contributed by atoms with E-state index >= 15 is 0 Å². The number of fused-ring (bicyclic) bond motifs is 1. The van der Waals surface area contributed by atoms with Gasteiger partial charge in [0.15, 0.2) is 11.6 Å². The largest absolute Gasteiger partial charge is 0.342 e. The van der Waals surface area contributed by atoms with Gasteiger partial charge in [-0.05, 0) is 31.2 Å². The number of carbonyl (C=O) groups excluding carboxylic acids is 3. The molecule has 0 N–H and O–H groups in total. The fraction of sp³-hybridized carbons (Fsp3) is 0.261. The molecule has 1 atom stereocenters. The minimum Gasteiger partial charge on any atom is -0.342 e. The summed E-state index contributed by atoms with van der Waals surface area (Å²) in [6, 6.07) is 9.97. The number of halogens is 2. The monoisotopic (exact) mass is 423 g/mol. The minimum atomic E-state index is -1.37. The lowest BCUT2D eigenvalue weighted by Gasteiger charge is -2.50. The Balaban J connectivity index is 1.69. The van der Waals surface area contributed by atoms with Crippen LogP contribution in [0.15, 0.2) is 42.5 Å². The van der Waals surface area contributed by atoms with Gasteiger partial charge in [0.25, 0.3) is 0 Å². The van der Waals surface area contributed by atoms with Crippen LogP contribution in [0.3, 0.4) is 0 Å². The molecular weight excluding hydrogens is 404 g/mol. The van der Waals surface area contributed by atoms with E-state index in [1.165, 1.54) is 16.7 Å². The number of urea groups is 1. The van der Waals surface area contributed by atoms with E-state index in [1.54, 1.807) is 31.3 Å². The number of hydrogen-bond donors (Lipinski definition) is 0. The molecule has 0 radical (unpaired) electrons. The second-order valence-electron chi connectivity index (χ2n) is 7.75. The first-order valence-electron chi connectivity index (χ1n) is 9.68. The summed E-state index contributed by atoms with van der Waals surface area (Å²) < 4.78 is 29.8. The van der Waals surface area contributed by atoms with Crippen LogP contribution in [0.4, 0.5) is 19.3 Å². The van der Waals surface area contributed by atoms with Crippen LogP contribution in [0.25, 0.3) is 0 Å². The van der Waals surface area contributed by atoms with E-state index in [0.29, 0.717) is 10.5 Å². The molecule has 4 amide bonds. The van der Waals surface area contributed by atoms with Gasteiger partial charge in [0.2, 0.25) is 11.8 Å². The Morgan fingerprint density at radius 3 is 2.19 bits per heavy atom. The van der Waals surface area contributed by atoms with Crippen molar-refractivity contribution in [3.8, 4) is 11.8 Å². The summed E-state index contributed by atoms with van der Waals surface area (Å²) in [5, 5.41) is 0. The van der Waals surface area contributed by atoms with E-state index in [4.69, 9.17) is 0 Å². The third-order valence-corrected chi connectivity index (χ3v) is 5.59. The number of nitrogens with zero attached hydrogens (tertiary/aromatic N) is 3. The Hall–Kier alpha value is -3.73. The average molecular weight is 423 g/mol. The van der Waals surface area contributed by atoms with E-state index in [2.05, 4.69) is 11.8 Å². The molecule has 1 unspecified atom stereocenters. The molecule has 31 heavy (non-hydrogen) atoms. The van der Waals surface area contributed by atoms with E-state index < -0.39 is 34.8 Å². The van der Waals surface area contributed by atoms with Gasteiger partial charge in [-0.15, -0.1) is 0 Å². The van der Waals surface area contributed by atoms with Crippen molar-refractivity contribution >= 4 is 23.5 Å². The lowest BCUT2D eigenvalue weighted by molar-refractivity contribution is -0.150. The number of piperazine rings is 1. The second-order valence-corrected chi connectivity index (χ2v) is 7.75. The fourth-order valence-corrected chi connectivity index (χ4v) is 3.94. The Kier molecular flexibility index (Phi) is 4.97. The predicted molar refractivity (Wildman–Crippen MR) is 109 cm³/mol. The maximum Gasteiger partial charge on any atom is 0.332 e.